The largest absolute Gasteiger partial charge is 0.493 e. The Balaban J connectivity index is 2.28. The maximum Gasteiger partial charge on any atom is 0.286 e. The van der Waals surface area contributed by atoms with E-state index in [1.54, 1.807) is 31.2 Å². The molecule has 1 amide bonds. The molecule has 27 heavy (non-hydrogen) atoms. The second kappa shape index (κ2) is 9.39. The van der Waals surface area contributed by atoms with E-state index >= 15 is 0 Å². The number of anilines is 1. The molecule has 2 rings (SSSR count). The highest BCUT2D eigenvalue weighted by atomic mass is 16.6. The van der Waals surface area contributed by atoms with Crippen LogP contribution in [0.4, 0.5) is 11.4 Å². The van der Waals surface area contributed by atoms with Crippen molar-refractivity contribution in [2.24, 2.45) is 5.73 Å². The monoisotopic (exact) mass is 375 g/mol. The van der Waals surface area contributed by atoms with Gasteiger partial charge in [0, 0.05) is 18.3 Å². The SMILES string of the molecule is CCOc1cc(C(=O)Nc2ccc(OCCN)cc2)c([N+](=O)[O-])cc1OC. The fourth-order valence-electron chi connectivity index (χ4n) is 2.32. The molecule has 0 aliphatic rings. The second-order valence-electron chi connectivity index (χ2n) is 5.33. The molecule has 0 spiro atoms. The predicted molar refractivity (Wildman–Crippen MR) is 99.8 cm³/mol. The summed E-state index contributed by atoms with van der Waals surface area (Å²) in [5.74, 6) is 0.399. The number of ether oxygens (including phenoxy) is 3. The summed E-state index contributed by atoms with van der Waals surface area (Å²) in [6.07, 6.45) is 0. The number of hydrogen-bond acceptors (Lipinski definition) is 7. The number of nitro benzene ring substituents is 1. The molecule has 0 radical (unpaired) electrons. The zero-order valence-corrected chi connectivity index (χ0v) is 15.1. The number of rotatable bonds is 9. The average molecular weight is 375 g/mol. The minimum atomic E-state index is -0.642. The third-order valence-corrected chi connectivity index (χ3v) is 3.52. The highest BCUT2D eigenvalue weighted by molar-refractivity contribution is 6.07. The number of hydrogen-bond donors (Lipinski definition) is 2. The van der Waals surface area contributed by atoms with Crippen molar-refractivity contribution in [2.75, 3.05) is 32.2 Å². The Morgan fingerprint density at radius 3 is 2.44 bits per heavy atom. The van der Waals surface area contributed by atoms with E-state index in [9.17, 15) is 14.9 Å². The van der Waals surface area contributed by atoms with Crippen LogP contribution in [0.2, 0.25) is 0 Å². The molecule has 0 aromatic heterocycles. The summed E-state index contributed by atoms with van der Waals surface area (Å²) in [6, 6.07) is 9.06. The Kier molecular flexibility index (Phi) is 6.95. The van der Waals surface area contributed by atoms with Crippen LogP contribution in [0.5, 0.6) is 17.2 Å². The molecule has 144 valence electrons. The first-order valence-corrected chi connectivity index (χ1v) is 8.23. The van der Waals surface area contributed by atoms with Gasteiger partial charge in [-0.3, -0.25) is 14.9 Å². The van der Waals surface area contributed by atoms with Crippen LogP contribution in [0, 0.1) is 10.1 Å². The zero-order valence-electron chi connectivity index (χ0n) is 15.1. The van der Waals surface area contributed by atoms with Crippen molar-refractivity contribution in [3.8, 4) is 17.2 Å². The molecule has 0 bridgehead atoms. The number of benzene rings is 2. The number of nitrogens with one attached hydrogen (secondary N) is 1. The molecule has 9 nitrogen and oxygen atoms in total. The van der Waals surface area contributed by atoms with Crippen molar-refractivity contribution in [1.82, 2.24) is 0 Å². The summed E-state index contributed by atoms with van der Waals surface area (Å²) >= 11 is 0. The molecule has 0 unspecified atom stereocenters. The highest BCUT2D eigenvalue weighted by Crippen LogP contribution is 2.35. The van der Waals surface area contributed by atoms with Gasteiger partial charge in [-0.1, -0.05) is 0 Å². The van der Waals surface area contributed by atoms with E-state index in [4.69, 9.17) is 19.9 Å². The molecule has 2 aromatic rings. The number of nitrogens with zero attached hydrogens (tertiary/aromatic N) is 1. The average Bonchev–Trinajstić information content (AvgIpc) is 2.67. The van der Waals surface area contributed by atoms with Gasteiger partial charge in [0.25, 0.3) is 11.6 Å². The Hall–Kier alpha value is -3.33. The van der Waals surface area contributed by atoms with Crippen LogP contribution < -0.4 is 25.3 Å². The molecule has 0 saturated carbocycles. The number of carbonyl (C=O) groups is 1. The molecule has 0 aliphatic carbocycles. The number of amides is 1. The summed E-state index contributed by atoms with van der Waals surface area (Å²) in [5.41, 5.74) is 5.32. The van der Waals surface area contributed by atoms with Crippen LogP contribution in [0.3, 0.4) is 0 Å². The number of carbonyl (C=O) groups excluding carboxylic acids is 1. The zero-order chi connectivity index (χ0) is 19.8. The van der Waals surface area contributed by atoms with Crippen LogP contribution >= 0.6 is 0 Å². The molecule has 0 heterocycles. The number of nitrogens with two attached hydrogens (primary N) is 1. The lowest BCUT2D eigenvalue weighted by atomic mass is 10.1. The van der Waals surface area contributed by atoms with Gasteiger partial charge in [-0.2, -0.15) is 0 Å². The lowest BCUT2D eigenvalue weighted by Gasteiger charge is -2.12. The first-order valence-electron chi connectivity index (χ1n) is 8.23. The summed E-state index contributed by atoms with van der Waals surface area (Å²) < 4.78 is 15.9. The van der Waals surface area contributed by atoms with Gasteiger partial charge in [0.2, 0.25) is 0 Å². The normalized spacial score (nSPS) is 10.2. The van der Waals surface area contributed by atoms with Gasteiger partial charge < -0.3 is 25.3 Å². The van der Waals surface area contributed by atoms with Crippen molar-refractivity contribution in [1.29, 1.82) is 0 Å². The van der Waals surface area contributed by atoms with Gasteiger partial charge in [-0.05, 0) is 31.2 Å². The predicted octanol–water partition coefficient (Wildman–Crippen LogP) is 2.59. The molecule has 0 saturated heterocycles. The summed E-state index contributed by atoms with van der Waals surface area (Å²) in [5, 5.41) is 14.0. The summed E-state index contributed by atoms with van der Waals surface area (Å²) in [7, 11) is 1.37. The van der Waals surface area contributed by atoms with Gasteiger partial charge in [0.1, 0.15) is 17.9 Å². The molecule has 0 atom stereocenters. The van der Waals surface area contributed by atoms with E-state index in [0.717, 1.165) is 0 Å². The fraction of sp³-hybridized carbons (Fsp3) is 0.278. The van der Waals surface area contributed by atoms with E-state index in [0.29, 0.717) is 31.2 Å². The van der Waals surface area contributed by atoms with Crippen LogP contribution in [0.1, 0.15) is 17.3 Å². The molecule has 0 fully saturated rings. The smallest absolute Gasteiger partial charge is 0.286 e. The summed E-state index contributed by atoms with van der Waals surface area (Å²) in [4.78, 5) is 23.3. The molecular formula is C18H21N3O6. The quantitative estimate of drug-likeness (QED) is 0.509. The Morgan fingerprint density at radius 1 is 1.19 bits per heavy atom. The Morgan fingerprint density at radius 2 is 1.89 bits per heavy atom. The van der Waals surface area contributed by atoms with Gasteiger partial charge in [0.05, 0.1) is 24.7 Å². The third kappa shape index (κ3) is 5.08. The van der Waals surface area contributed by atoms with Crippen molar-refractivity contribution in [2.45, 2.75) is 6.92 Å². The van der Waals surface area contributed by atoms with Crippen LogP contribution in [0.15, 0.2) is 36.4 Å². The summed E-state index contributed by atoms with van der Waals surface area (Å²) in [6.45, 7) is 2.85. The van der Waals surface area contributed by atoms with Gasteiger partial charge in [-0.25, -0.2) is 0 Å². The standard InChI is InChI=1S/C18H21N3O6/c1-3-26-17-10-14(15(21(23)24)11-16(17)25-2)18(22)20-12-4-6-13(7-5-12)27-9-8-19/h4-7,10-11H,3,8-9,19H2,1-2H3,(H,20,22). The van der Waals surface area contributed by atoms with Crippen LogP contribution in [-0.2, 0) is 0 Å². The Bertz CT molecular complexity index is 807. The second-order valence-corrected chi connectivity index (χ2v) is 5.33. The fourth-order valence-corrected chi connectivity index (χ4v) is 2.32. The van der Waals surface area contributed by atoms with Crippen molar-refractivity contribution in [3.05, 3.63) is 52.1 Å². The van der Waals surface area contributed by atoms with Crippen LogP contribution in [-0.4, -0.2) is 37.7 Å². The lowest BCUT2D eigenvalue weighted by molar-refractivity contribution is -0.385. The minimum absolute atomic E-state index is 0.132. The van der Waals surface area contributed by atoms with Gasteiger partial charge in [0.15, 0.2) is 11.5 Å². The molecule has 3 N–H and O–H groups in total. The van der Waals surface area contributed by atoms with E-state index in [2.05, 4.69) is 5.32 Å². The van der Waals surface area contributed by atoms with E-state index in [1.165, 1.54) is 19.2 Å². The van der Waals surface area contributed by atoms with Gasteiger partial charge in [-0.15, -0.1) is 0 Å². The van der Waals surface area contributed by atoms with Crippen molar-refractivity contribution in [3.63, 3.8) is 0 Å². The van der Waals surface area contributed by atoms with Gasteiger partial charge >= 0.3 is 0 Å². The van der Waals surface area contributed by atoms with E-state index in [-0.39, 0.29) is 22.7 Å². The topological polar surface area (TPSA) is 126 Å². The molecule has 0 aliphatic heterocycles. The highest BCUT2D eigenvalue weighted by Gasteiger charge is 2.24. The first-order chi connectivity index (χ1) is 13.0. The lowest BCUT2D eigenvalue weighted by Crippen LogP contribution is -2.15. The van der Waals surface area contributed by atoms with Crippen molar-refractivity contribution >= 4 is 17.3 Å². The van der Waals surface area contributed by atoms with E-state index < -0.39 is 10.8 Å². The third-order valence-electron chi connectivity index (χ3n) is 3.52. The maximum absolute atomic E-state index is 12.6. The van der Waals surface area contributed by atoms with E-state index in [1.807, 2.05) is 0 Å². The molecular weight excluding hydrogens is 354 g/mol. The molecule has 9 heteroatoms. The molecule has 2 aromatic carbocycles. The first kappa shape index (κ1) is 20.0. The van der Waals surface area contributed by atoms with Crippen LogP contribution in [0.25, 0.3) is 0 Å². The number of methoxy groups -OCH3 is 1. The van der Waals surface area contributed by atoms with Crippen molar-refractivity contribution < 1.29 is 23.9 Å². The number of nitro groups is 1. The minimum Gasteiger partial charge on any atom is -0.493 e. The maximum atomic E-state index is 12.6. The Labute approximate surface area is 156 Å².